The highest BCUT2D eigenvalue weighted by atomic mass is 79.9. The van der Waals surface area contributed by atoms with Gasteiger partial charge in [0.05, 0.1) is 4.47 Å². The summed E-state index contributed by atoms with van der Waals surface area (Å²) in [6, 6.07) is 21.5. The van der Waals surface area contributed by atoms with Crippen LogP contribution in [0.5, 0.6) is 11.5 Å². The van der Waals surface area contributed by atoms with E-state index < -0.39 is 5.97 Å². The van der Waals surface area contributed by atoms with Gasteiger partial charge in [-0.05, 0) is 64.2 Å². The van der Waals surface area contributed by atoms with Gasteiger partial charge < -0.3 is 9.47 Å². The normalized spacial score (nSPS) is 10.4. The van der Waals surface area contributed by atoms with Gasteiger partial charge >= 0.3 is 5.97 Å². The number of esters is 1. The Morgan fingerprint density at radius 2 is 1.58 bits per heavy atom. The highest BCUT2D eigenvalue weighted by molar-refractivity contribution is 9.10. The Hall–Kier alpha value is -2.59. The first-order chi connectivity index (χ1) is 12.5. The monoisotopic (exact) mass is 410 g/mol. The zero-order valence-electron chi connectivity index (χ0n) is 14.7. The van der Waals surface area contributed by atoms with Crippen molar-refractivity contribution >= 4 is 21.9 Å². The van der Waals surface area contributed by atoms with Crippen molar-refractivity contribution < 1.29 is 14.3 Å². The molecule has 0 amide bonds. The number of rotatable bonds is 5. The van der Waals surface area contributed by atoms with E-state index in [9.17, 15) is 4.79 Å². The molecule has 0 bridgehead atoms. The van der Waals surface area contributed by atoms with E-state index in [0.717, 1.165) is 32.5 Å². The van der Waals surface area contributed by atoms with Crippen molar-refractivity contribution in [1.29, 1.82) is 0 Å². The number of para-hydroxylation sites is 1. The molecule has 3 nitrogen and oxygen atoms in total. The van der Waals surface area contributed by atoms with Crippen LogP contribution in [0.15, 0.2) is 71.2 Å². The predicted molar refractivity (Wildman–Crippen MR) is 107 cm³/mol. The van der Waals surface area contributed by atoms with Crippen molar-refractivity contribution in [2.24, 2.45) is 0 Å². The summed E-state index contributed by atoms with van der Waals surface area (Å²) in [6.07, 6.45) is 0. The molecule has 0 radical (unpaired) electrons. The fraction of sp³-hybridized carbons (Fsp3) is 0.136. The van der Waals surface area contributed by atoms with Gasteiger partial charge in [0.2, 0.25) is 0 Å². The summed E-state index contributed by atoms with van der Waals surface area (Å²) in [6.45, 7) is 3.76. The molecule has 0 unspecified atom stereocenters. The number of carbonyl (C=O) groups excluding carboxylic acids is 1. The van der Waals surface area contributed by atoms with Gasteiger partial charge in [0.25, 0.3) is 0 Å². The van der Waals surface area contributed by atoms with E-state index in [1.54, 1.807) is 6.07 Å². The lowest BCUT2D eigenvalue weighted by Crippen LogP contribution is -2.18. The summed E-state index contributed by atoms with van der Waals surface area (Å²) < 4.78 is 11.8. The van der Waals surface area contributed by atoms with Crippen LogP contribution in [0.3, 0.4) is 0 Å². The van der Waals surface area contributed by atoms with E-state index in [1.165, 1.54) is 0 Å². The first kappa shape index (κ1) is 18.2. The van der Waals surface area contributed by atoms with Crippen LogP contribution < -0.4 is 9.47 Å². The third-order valence-electron chi connectivity index (χ3n) is 4.01. The summed E-state index contributed by atoms with van der Waals surface area (Å²) >= 11 is 3.47. The molecule has 0 N–H and O–H groups in total. The van der Waals surface area contributed by atoms with E-state index in [0.29, 0.717) is 5.75 Å². The second-order valence-corrected chi connectivity index (χ2v) is 6.85. The fourth-order valence-corrected chi connectivity index (χ4v) is 3.16. The number of hydrogen-bond acceptors (Lipinski definition) is 3. The maximum Gasteiger partial charge on any atom is 0.349 e. The Balaban J connectivity index is 1.66. The molecule has 4 heteroatoms. The lowest BCUT2D eigenvalue weighted by atomic mass is 10.1. The number of halogens is 1. The molecule has 0 aromatic heterocycles. The molecular formula is C22H19BrO3. The van der Waals surface area contributed by atoms with E-state index in [1.807, 2.05) is 74.5 Å². The molecule has 26 heavy (non-hydrogen) atoms. The minimum atomic E-state index is -0.444. The highest BCUT2D eigenvalue weighted by Crippen LogP contribution is 2.31. The standard InChI is InChI=1S/C22H19BrO3/c1-15-7-6-8-16(2)22(15)25-14-21(24)26-20-12-11-18(13-19(20)23)17-9-4-3-5-10-17/h3-13H,14H2,1-2H3. The third-order valence-corrected chi connectivity index (χ3v) is 4.63. The largest absolute Gasteiger partial charge is 0.481 e. The second kappa shape index (κ2) is 8.19. The van der Waals surface area contributed by atoms with Gasteiger partial charge in [0, 0.05) is 0 Å². The molecule has 0 fully saturated rings. The molecule has 0 heterocycles. The van der Waals surface area contributed by atoms with Gasteiger partial charge in [-0.3, -0.25) is 0 Å². The predicted octanol–water partition coefficient (Wildman–Crippen LogP) is 5.72. The molecule has 0 aliphatic heterocycles. The Morgan fingerprint density at radius 1 is 0.885 bits per heavy atom. The van der Waals surface area contributed by atoms with Crippen LogP contribution >= 0.6 is 15.9 Å². The van der Waals surface area contributed by atoms with Crippen molar-refractivity contribution in [3.8, 4) is 22.6 Å². The lowest BCUT2D eigenvalue weighted by molar-refractivity contribution is -0.136. The van der Waals surface area contributed by atoms with Crippen LogP contribution in [0.2, 0.25) is 0 Å². The molecule has 3 aromatic carbocycles. The van der Waals surface area contributed by atoms with Crippen molar-refractivity contribution in [2.75, 3.05) is 6.61 Å². The Morgan fingerprint density at radius 3 is 2.23 bits per heavy atom. The van der Waals surface area contributed by atoms with Crippen LogP contribution in [-0.4, -0.2) is 12.6 Å². The topological polar surface area (TPSA) is 35.5 Å². The molecular weight excluding hydrogens is 392 g/mol. The third kappa shape index (κ3) is 4.33. The zero-order valence-corrected chi connectivity index (χ0v) is 16.2. The van der Waals surface area contributed by atoms with E-state index >= 15 is 0 Å². The Kier molecular flexibility index (Phi) is 5.74. The number of aryl methyl sites for hydroxylation is 2. The maximum absolute atomic E-state index is 12.1. The first-order valence-electron chi connectivity index (χ1n) is 8.29. The summed E-state index contributed by atoms with van der Waals surface area (Å²) in [5, 5.41) is 0. The SMILES string of the molecule is Cc1cccc(C)c1OCC(=O)Oc1ccc(-c2ccccc2)cc1Br. The molecule has 0 saturated heterocycles. The molecule has 3 rings (SSSR count). The molecule has 0 saturated carbocycles. The van der Waals surface area contributed by atoms with Crippen LogP contribution in [-0.2, 0) is 4.79 Å². The summed E-state index contributed by atoms with van der Waals surface area (Å²) in [5.74, 6) is 0.753. The summed E-state index contributed by atoms with van der Waals surface area (Å²) in [7, 11) is 0. The summed E-state index contributed by atoms with van der Waals surface area (Å²) in [5.41, 5.74) is 4.13. The van der Waals surface area contributed by atoms with Crippen molar-refractivity contribution in [3.63, 3.8) is 0 Å². The quantitative estimate of drug-likeness (QED) is 0.398. The second-order valence-electron chi connectivity index (χ2n) is 5.99. The van der Waals surface area contributed by atoms with Gasteiger partial charge in [0.1, 0.15) is 11.5 Å². The van der Waals surface area contributed by atoms with Crippen LogP contribution in [0.1, 0.15) is 11.1 Å². The average molecular weight is 411 g/mol. The minimum absolute atomic E-state index is 0.140. The number of benzene rings is 3. The lowest BCUT2D eigenvalue weighted by Gasteiger charge is -2.12. The van der Waals surface area contributed by atoms with Crippen LogP contribution in [0.4, 0.5) is 0 Å². The smallest absolute Gasteiger partial charge is 0.349 e. The number of carbonyl (C=O) groups is 1. The molecule has 0 aliphatic carbocycles. The number of hydrogen-bond donors (Lipinski definition) is 0. The van der Waals surface area contributed by atoms with E-state index in [4.69, 9.17) is 9.47 Å². The maximum atomic E-state index is 12.1. The number of ether oxygens (including phenoxy) is 2. The fourth-order valence-electron chi connectivity index (χ4n) is 2.70. The van der Waals surface area contributed by atoms with Crippen LogP contribution in [0, 0.1) is 13.8 Å². The van der Waals surface area contributed by atoms with Gasteiger partial charge in [-0.1, -0.05) is 54.6 Å². The average Bonchev–Trinajstić information content (AvgIpc) is 2.64. The van der Waals surface area contributed by atoms with E-state index in [-0.39, 0.29) is 6.61 Å². The minimum Gasteiger partial charge on any atom is -0.481 e. The summed E-state index contributed by atoms with van der Waals surface area (Å²) in [4.78, 5) is 12.1. The molecule has 3 aromatic rings. The highest BCUT2D eigenvalue weighted by Gasteiger charge is 2.12. The van der Waals surface area contributed by atoms with Gasteiger partial charge in [0.15, 0.2) is 6.61 Å². The molecule has 0 spiro atoms. The van der Waals surface area contributed by atoms with Gasteiger partial charge in [-0.2, -0.15) is 0 Å². The van der Waals surface area contributed by atoms with Crippen molar-refractivity contribution in [2.45, 2.75) is 13.8 Å². The van der Waals surface area contributed by atoms with Crippen molar-refractivity contribution in [3.05, 3.63) is 82.3 Å². The first-order valence-corrected chi connectivity index (χ1v) is 9.08. The van der Waals surface area contributed by atoms with Gasteiger partial charge in [-0.25, -0.2) is 4.79 Å². The van der Waals surface area contributed by atoms with Crippen molar-refractivity contribution in [1.82, 2.24) is 0 Å². The van der Waals surface area contributed by atoms with Crippen LogP contribution in [0.25, 0.3) is 11.1 Å². The Bertz CT molecular complexity index is 900. The molecule has 0 atom stereocenters. The zero-order chi connectivity index (χ0) is 18.5. The molecule has 0 aliphatic rings. The van der Waals surface area contributed by atoms with E-state index in [2.05, 4.69) is 15.9 Å². The molecule has 132 valence electrons. The van der Waals surface area contributed by atoms with Gasteiger partial charge in [-0.15, -0.1) is 0 Å². The Labute approximate surface area is 161 Å².